The standard InChI is InChI=1S/C20H38N4O8/c1-4-23-14(8-22-12(3)28)19(31)20(16(23)10-26)32-6-5-24-13(7-21-11(2)27)17(29)18(30)15(24)9-25/h13-20,25-26,29-31H,4-10H2,1-3H3,(H,21,27)(H,22,28). The van der Waals surface area contributed by atoms with E-state index in [-0.39, 0.29) is 51.3 Å². The van der Waals surface area contributed by atoms with E-state index in [1.165, 1.54) is 13.8 Å². The maximum atomic E-state index is 11.3. The molecular weight excluding hydrogens is 424 g/mol. The van der Waals surface area contributed by atoms with Crippen molar-refractivity contribution in [2.45, 2.75) is 69.4 Å². The van der Waals surface area contributed by atoms with Crippen LogP contribution in [0.4, 0.5) is 0 Å². The number of hydrogen-bond acceptors (Lipinski definition) is 10. The van der Waals surface area contributed by atoms with Gasteiger partial charge in [0.15, 0.2) is 0 Å². The minimum absolute atomic E-state index is 0.0924. The molecule has 0 spiro atoms. The number of carbonyl (C=O) groups excluding carboxylic acids is 2. The summed E-state index contributed by atoms with van der Waals surface area (Å²) in [5.74, 6) is -0.496. The summed E-state index contributed by atoms with van der Waals surface area (Å²) >= 11 is 0. The van der Waals surface area contributed by atoms with Gasteiger partial charge in [-0.25, -0.2) is 0 Å². The third kappa shape index (κ3) is 5.94. The van der Waals surface area contributed by atoms with Crippen molar-refractivity contribution in [3.05, 3.63) is 0 Å². The number of amides is 2. The van der Waals surface area contributed by atoms with Gasteiger partial charge in [0, 0.05) is 33.5 Å². The molecule has 12 nitrogen and oxygen atoms in total. The Morgan fingerprint density at radius 2 is 1.31 bits per heavy atom. The Morgan fingerprint density at radius 3 is 1.78 bits per heavy atom. The second-order valence-corrected chi connectivity index (χ2v) is 8.38. The molecule has 0 radical (unpaired) electrons. The highest BCUT2D eigenvalue weighted by atomic mass is 16.5. The molecule has 2 heterocycles. The van der Waals surface area contributed by atoms with E-state index in [9.17, 15) is 35.1 Å². The summed E-state index contributed by atoms with van der Waals surface area (Å²) in [5.41, 5.74) is 0. The second-order valence-electron chi connectivity index (χ2n) is 8.38. The van der Waals surface area contributed by atoms with Crippen molar-refractivity contribution in [3.8, 4) is 0 Å². The lowest BCUT2D eigenvalue weighted by molar-refractivity contribution is -0.120. The third-order valence-corrected chi connectivity index (χ3v) is 6.47. The number of aliphatic hydroxyl groups excluding tert-OH is 5. The molecule has 0 aliphatic carbocycles. The van der Waals surface area contributed by atoms with Gasteiger partial charge in [0.2, 0.25) is 11.8 Å². The van der Waals surface area contributed by atoms with E-state index >= 15 is 0 Å². The first-order chi connectivity index (χ1) is 15.2. The summed E-state index contributed by atoms with van der Waals surface area (Å²) in [7, 11) is 0. The van der Waals surface area contributed by atoms with E-state index in [0.717, 1.165) is 0 Å². The number of likely N-dealkylation sites (tertiary alicyclic amines) is 2. The van der Waals surface area contributed by atoms with E-state index in [1.54, 1.807) is 4.90 Å². The lowest BCUT2D eigenvalue weighted by Gasteiger charge is -2.31. The number of nitrogens with one attached hydrogen (secondary N) is 2. The van der Waals surface area contributed by atoms with Gasteiger partial charge in [0.05, 0.1) is 62.3 Å². The predicted molar refractivity (Wildman–Crippen MR) is 114 cm³/mol. The summed E-state index contributed by atoms with van der Waals surface area (Å²) in [6.07, 6.45) is -3.99. The lowest BCUT2D eigenvalue weighted by atomic mass is 10.1. The smallest absolute Gasteiger partial charge is 0.216 e. The first-order valence-corrected chi connectivity index (χ1v) is 11.1. The van der Waals surface area contributed by atoms with Crippen LogP contribution in [0.15, 0.2) is 0 Å². The summed E-state index contributed by atoms with van der Waals surface area (Å²) in [5, 5.41) is 56.4. The number of hydrogen-bond donors (Lipinski definition) is 7. The van der Waals surface area contributed by atoms with Crippen molar-refractivity contribution in [3.63, 3.8) is 0 Å². The lowest BCUT2D eigenvalue weighted by Crippen LogP contribution is -2.49. The van der Waals surface area contributed by atoms with E-state index in [0.29, 0.717) is 6.54 Å². The topological polar surface area (TPSA) is 175 Å². The SMILES string of the molecule is CCN1C(CNC(C)=O)C(O)C(OCCN2C(CO)C(O)C(O)C2CNC(C)=O)C1CO. The Bertz CT molecular complexity index is 626. The van der Waals surface area contributed by atoms with Gasteiger partial charge in [-0.3, -0.25) is 19.4 Å². The van der Waals surface area contributed by atoms with Gasteiger partial charge in [0.25, 0.3) is 0 Å². The molecule has 0 aromatic rings. The summed E-state index contributed by atoms with van der Waals surface area (Å²) in [4.78, 5) is 26.2. The van der Waals surface area contributed by atoms with E-state index in [1.807, 2.05) is 11.8 Å². The zero-order valence-electron chi connectivity index (χ0n) is 18.9. The van der Waals surface area contributed by atoms with Crippen molar-refractivity contribution in [2.24, 2.45) is 0 Å². The largest absolute Gasteiger partial charge is 0.395 e. The molecule has 0 aromatic carbocycles. The quantitative estimate of drug-likeness (QED) is 0.160. The average Bonchev–Trinajstić information content (AvgIpc) is 3.14. The van der Waals surface area contributed by atoms with Crippen LogP contribution in [0.5, 0.6) is 0 Å². The van der Waals surface area contributed by atoms with Gasteiger partial charge in [-0.1, -0.05) is 6.92 Å². The highest BCUT2D eigenvalue weighted by Crippen LogP contribution is 2.28. The van der Waals surface area contributed by atoms with Crippen LogP contribution in [0, 0.1) is 0 Å². The Morgan fingerprint density at radius 1 is 0.812 bits per heavy atom. The first-order valence-electron chi connectivity index (χ1n) is 11.1. The van der Waals surface area contributed by atoms with Crippen molar-refractivity contribution in [2.75, 3.05) is 46.0 Å². The maximum Gasteiger partial charge on any atom is 0.216 e. The minimum atomic E-state index is -1.18. The predicted octanol–water partition coefficient (Wildman–Crippen LogP) is -4.16. The third-order valence-electron chi connectivity index (χ3n) is 6.47. The molecule has 2 aliphatic heterocycles. The zero-order chi connectivity index (χ0) is 24.0. The van der Waals surface area contributed by atoms with E-state index < -0.39 is 48.6 Å². The molecule has 32 heavy (non-hydrogen) atoms. The molecule has 8 atom stereocenters. The van der Waals surface area contributed by atoms with Crippen LogP contribution >= 0.6 is 0 Å². The van der Waals surface area contributed by atoms with Gasteiger partial charge in [0.1, 0.15) is 6.10 Å². The van der Waals surface area contributed by atoms with Gasteiger partial charge >= 0.3 is 0 Å². The van der Waals surface area contributed by atoms with Gasteiger partial charge in [-0.2, -0.15) is 0 Å². The Balaban J connectivity index is 2.04. The summed E-state index contributed by atoms with van der Waals surface area (Å²) in [6, 6.07) is -2.22. The van der Waals surface area contributed by atoms with Crippen LogP contribution in [0.1, 0.15) is 20.8 Å². The van der Waals surface area contributed by atoms with Gasteiger partial charge in [-0.05, 0) is 6.54 Å². The highest BCUT2D eigenvalue weighted by Gasteiger charge is 2.49. The second kappa shape index (κ2) is 12.2. The molecule has 2 saturated heterocycles. The average molecular weight is 463 g/mol. The number of likely N-dealkylation sites (N-methyl/N-ethyl adjacent to an activating group) is 1. The molecule has 8 unspecified atom stereocenters. The van der Waals surface area contributed by atoms with E-state index in [4.69, 9.17) is 4.74 Å². The molecule has 2 aliphatic rings. The number of aliphatic hydroxyl groups is 5. The molecule has 12 heteroatoms. The number of ether oxygens (including phenoxy) is 1. The molecule has 7 N–H and O–H groups in total. The van der Waals surface area contributed by atoms with Crippen molar-refractivity contribution in [1.82, 2.24) is 20.4 Å². The zero-order valence-corrected chi connectivity index (χ0v) is 18.9. The Labute approximate surface area is 188 Å². The molecule has 2 rings (SSSR count). The minimum Gasteiger partial charge on any atom is -0.395 e. The molecule has 186 valence electrons. The molecule has 2 fully saturated rings. The Hall–Kier alpha value is -1.38. The summed E-state index contributed by atoms with van der Waals surface area (Å²) < 4.78 is 5.95. The van der Waals surface area contributed by atoms with Gasteiger partial charge in [-0.15, -0.1) is 0 Å². The number of nitrogens with zero attached hydrogens (tertiary/aromatic N) is 2. The summed E-state index contributed by atoms with van der Waals surface area (Å²) in [6.45, 7) is 5.18. The van der Waals surface area contributed by atoms with Crippen LogP contribution in [0.3, 0.4) is 0 Å². The van der Waals surface area contributed by atoms with Crippen molar-refractivity contribution in [1.29, 1.82) is 0 Å². The maximum absolute atomic E-state index is 11.3. The molecule has 2 amide bonds. The van der Waals surface area contributed by atoms with Crippen LogP contribution < -0.4 is 10.6 Å². The molecular formula is C20H38N4O8. The van der Waals surface area contributed by atoms with Crippen LogP contribution in [0.25, 0.3) is 0 Å². The monoisotopic (exact) mass is 462 g/mol. The fraction of sp³-hybridized carbons (Fsp3) is 0.900. The highest BCUT2D eigenvalue weighted by molar-refractivity contribution is 5.73. The fourth-order valence-corrected chi connectivity index (χ4v) is 4.87. The van der Waals surface area contributed by atoms with Crippen LogP contribution in [-0.2, 0) is 14.3 Å². The van der Waals surface area contributed by atoms with Crippen molar-refractivity contribution >= 4 is 11.8 Å². The van der Waals surface area contributed by atoms with Crippen LogP contribution in [-0.4, -0.2) is 142 Å². The van der Waals surface area contributed by atoms with Crippen molar-refractivity contribution < 1.29 is 39.9 Å². The normalized spacial score (nSPS) is 35.9. The van der Waals surface area contributed by atoms with Gasteiger partial charge < -0.3 is 40.9 Å². The molecule has 0 aromatic heterocycles. The fourth-order valence-electron chi connectivity index (χ4n) is 4.87. The number of carbonyl (C=O) groups is 2. The Kier molecular flexibility index (Phi) is 10.2. The molecule has 0 saturated carbocycles. The number of rotatable bonds is 11. The molecule has 0 bridgehead atoms. The van der Waals surface area contributed by atoms with Crippen LogP contribution in [0.2, 0.25) is 0 Å². The van der Waals surface area contributed by atoms with E-state index in [2.05, 4.69) is 10.6 Å². The first kappa shape index (κ1) is 26.9.